The van der Waals surface area contributed by atoms with Gasteiger partial charge < -0.3 is 11.1 Å². The fourth-order valence-corrected chi connectivity index (χ4v) is 4.91. The molecule has 3 heteroatoms. The first kappa shape index (κ1) is 18.5. The lowest BCUT2D eigenvalue weighted by molar-refractivity contribution is 0.412. The van der Waals surface area contributed by atoms with Crippen molar-refractivity contribution in [2.75, 3.05) is 12.3 Å². The molecular formula is C24H33N3. The van der Waals surface area contributed by atoms with Crippen LogP contribution in [0, 0.1) is 0 Å². The highest BCUT2D eigenvalue weighted by molar-refractivity contribution is 5.41. The van der Waals surface area contributed by atoms with Gasteiger partial charge in [0.2, 0.25) is 0 Å². The van der Waals surface area contributed by atoms with E-state index < -0.39 is 0 Å². The minimum Gasteiger partial charge on any atom is -0.384 e. The van der Waals surface area contributed by atoms with Gasteiger partial charge in [0.25, 0.3) is 0 Å². The number of benzene rings is 1. The second-order valence-electron chi connectivity index (χ2n) is 8.65. The summed E-state index contributed by atoms with van der Waals surface area (Å²) in [4.78, 5) is 4.06. The average Bonchev–Trinajstić information content (AvgIpc) is 3.26. The van der Waals surface area contributed by atoms with Crippen LogP contribution in [0.25, 0.3) is 0 Å². The fourth-order valence-electron chi connectivity index (χ4n) is 4.91. The third kappa shape index (κ3) is 4.03. The van der Waals surface area contributed by atoms with Crippen LogP contribution in [0.2, 0.25) is 0 Å². The average molecular weight is 364 g/mol. The number of fused-ring (bicyclic) bond motifs is 2. The molecule has 1 saturated heterocycles. The molecule has 27 heavy (non-hydrogen) atoms. The quantitative estimate of drug-likeness (QED) is 0.726. The van der Waals surface area contributed by atoms with Crippen LogP contribution in [0.15, 0.2) is 30.5 Å². The molecular weight excluding hydrogens is 330 g/mol. The van der Waals surface area contributed by atoms with Crippen LogP contribution in [0.4, 0.5) is 5.82 Å². The molecule has 5 rings (SSSR count). The normalized spacial score (nSPS) is 26.1. The van der Waals surface area contributed by atoms with Crippen LogP contribution in [0.5, 0.6) is 0 Å². The van der Waals surface area contributed by atoms with E-state index in [9.17, 15) is 0 Å². The van der Waals surface area contributed by atoms with Crippen LogP contribution >= 0.6 is 0 Å². The van der Waals surface area contributed by atoms with Crippen molar-refractivity contribution in [1.29, 1.82) is 0 Å². The molecule has 3 aliphatic rings. The lowest BCUT2D eigenvalue weighted by Crippen LogP contribution is -2.26. The molecule has 1 aliphatic heterocycles. The van der Waals surface area contributed by atoms with Crippen LogP contribution in [-0.4, -0.2) is 11.5 Å². The van der Waals surface area contributed by atoms with Crippen molar-refractivity contribution < 1.29 is 0 Å². The Labute approximate surface area is 163 Å². The molecule has 1 aromatic carbocycles. The zero-order chi connectivity index (χ0) is 18.8. The molecule has 0 spiro atoms. The summed E-state index contributed by atoms with van der Waals surface area (Å²) in [6, 6.07) is 9.81. The van der Waals surface area contributed by atoms with Crippen LogP contribution in [-0.2, 0) is 12.8 Å². The number of anilines is 1. The minimum atomic E-state index is 0.620. The summed E-state index contributed by atoms with van der Waals surface area (Å²) in [6.45, 7) is 5.79. The highest BCUT2D eigenvalue weighted by Gasteiger charge is 2.21. The summed E-state index contributed by atoms with van der Waals surface area (Å²) in [5, 5.41) is 3.64. The molecule has 0 radical (unpaired) electrons. The zero-order valence-electron chi connectivity index (χ0n) is 16.8. The Balaban J connectivity index is 0.000000143. The second-order valence-corrected chi connectivity index (χ2v) is 8.65. The standard InChI is InChI=1S/C15H21N.C9H12N2/c1-11-5-6-12-10-13(7-8-14(11)12)15-4-2-3-9-16-15;1-6-2-3-7-5-11-9(10)4-8(6)7/h7-8,10-11,15-16H,2-6,9H2,1H3;4-6H,2-3H2,1H3,(H2,10,11). The Kier molecular flexibility index (Phi) is 5.49. The molecule has 2 aliphatic carbocycles. The Bertz CT molecular complexity index is 792. The summed E-state index contributed by atoms with van der Waals surface area (Å²) >= 11 is 0. The van der Waals surface area contributed by atoms with Gasteiger partial charge in [0.05, 0.1) is 0 Å². The van der Waals surface area contributed by atoms with E-state index in [4.69, 9.17) is 5.73 Å². The number of rotatable bonds is 1. The van der Waals surface area contributed by atoms with E-state index in [0.717, 1.165) is 5.92 Å². The molecule has 2 aromatic rings. The van der Waals surface area contributed by atoms with Gasteiger partial charge in [-0.25, -0.2) is 4.98 Å². The highest BCUT2D eigenvalue weighted by Crippen LogP contribution is 2.35. The maximum Gasteiger partial charge on any atom is 0.123 e. The van der Waals surface area contributed by atoms with E-state index in [2.05, 4.69) is 42.3 Å². The van der Waals surface area contributed by atoms with Gasteiger partial charge >= 0.3 is 0 Å². The van der Waals surface area contributed by atoms with E-state index in [1.807, 2.05) is 12.3 Å². The van der Waals surface area contributed by atoms with Gasteiger partial charge in [-0.3, -0.25) is 0 Å². The molecule has 3 unspecified atom stereocenters. The maximum atomic E-state index is 5.58. The molecule has 1 aromatic heterocycles. The van der Waals surface area contributed by atoms with Gasteiger partial charge in [-0.2, -0.15) is 0 Å². The van der Waals surface area contributed by atoms with Crippen molar-refractivity contribution in [1.82, 2.24) is 10.3 Å². The number of hydrogen-bond donors (Lipinski definition) is 2. The van der Waals surface area contributed by atoms with Crippen LogP contribution < -0.4 is 11.1 Å². The summed E-state index contributed by atoms with van der Waals surface area (Å²) in [6.07, 6.45) is 11.0. The Morgan fingerprint density at radius 2 is 1.70 bits per heavy atom. The number of nitrogens with zero attached hydrogens (tertiary/aromatic N) is 1. The molecule has 0 bridgehead atoms. The molecule has 3 nitrogen and oxygen atoms in total. The van der Waals surface area contributed by atoms with Gasteiger partial charge in [-0.05, 0) is 90.8 Å². The largest absolute Gasteiger partial charge is 0.384 e. The molecule has 0 saturated carbocycles. The third-order valence-electron chi connectivity index (χ3n) is 6.68. The van der Waals surface area contributed by atoms with Gasteiger partial charge in [0, 0.05) is 12.2 Å². The number of aryl methyl sites for hydroxylation is 2. The predicted octanol–water partition coefficient (Wildman–Crippen LogP) is 5.26. The first-order valence-electron chi connectivity index (χ1n) is 10.7. The van der Waals surface area contributed by atoms with Crippen molar-refractivity contribution >= 4 is 5.82 Å². The smallest absolute Gasteiger partial charge is 0.123 e. The van der Waals surface area contributed by atoms with Crippen molar-refractivity contribution in [3.63, 3.8) is 0 Å². The van der Waals surface area contributed by atoms with E-state index in [1.54, 1.807) is 11.1 Å². The first-order chi connectivity index (χ1) is 13.1. The van der Waals surface area contributed by atoms with E-state index in [0.29, 0.717) is 17.8 Å². The van der Waals surface area contributed by atoms with Gasteiger partial charge in [0.15, 0.2) is 0 Å². The number of nitrogens with one attached hydrogen (secondary N) is 1. The lowest BCUT2D eigenvalue weighted by atomic mass is 9.94. The molecule has 1 fully saturated rings. The second kappa shape index (κ2) is 8.02. The SMILES string of the molecule is CC1CCc2cc(C3CCCCN3)ccc21.CC1CCc2cnc(N)cc21. The lowest BCUT2D eigenvalue weighted by Gasteiger charge is -2.24. The van der Waals surface area contributed by atoms with Crippen molar-refractivity contribution in [2.45, 2.75) is 76.7 Å². The first-order valence-corrected chi connectivity index (χ1v) is 10.7. The molecule has 3 atom stereocenters. The van der Waals surface area contributed by atoms with Crippen molar-refractivity contribution in [3.8, 4) is 0 Å². The summed E-state index contributed by atoms with van der Waals surface area (Å²) in [5.41, 5.74) is 13.1. The van der Waals surface area contributed by atoms with Gasteiger partial charge in [-0.15, -0.1) is 0 Å². The Morgan fingerprint density at radius 1 is 0.926 bits per heavy atom. The summed E-state index contributed by atoms with van der Waals surface area (Å²) in [7, 11) is 0. The third-order valence-corrected chi connectivity index (χ3v) is 6.68. The number of nitrogens with two attached hydrogens (primary N) is 1. The molecule has 0 amide bonds. The fraction of sp³-hybridized carbons (Fsp3) is 0.542. The number of hydrogen-bond acceptors (Lipinski definition) is 3. The van der Waals surface area contributed by atoms with E-state index in [1.165, 1.54) is 68.2 Å². The van der Waals surface area contributed by atoms with E-state index in [-0.39, 0.29) is 0 Å². The van der Waals surface area contributed by atoms with Crippen molar-refractivity contribution in [3.05, 3.63) is 58.3 Å². The van der Waals surface area contributed by atoms with Crippen molar-refractivity contribution in [2.24, 2.45) is 0 Å². The van der Waals surface area contributed by atoms with Gasteiger partial charge in [-0.1, -0.05) is 38.5 Å². The zero-order valence-corrected chi connectivity index (χ0v) is 16.8. The number of pyridine rings is 1. The number of aromatic nitrogens is 1. The minimum absolute atomic E-state index is 0.620. The summed E-state index contributed by atoms with van der Waals surface area (Å²) < 4.78 is 0. The topological polar surface area (TPSA) is 50.9 Å². The number of nitrogen functional groups attached to an aromatic ring is 1. The molecule has 144 valence electrons. The molecule has 3 N–H and O–H groups in total. The Morgan fingerprint density at radius 3 is 2.48 bits per heavy atom. The van der Waals surface area contributed by atoms with Crippen LogP contribution in [0.1, 0.15) is 91.6 Å². The predicted molar refractivity (Wildman–Crippen MR) is 113 cm³/mol. The number of piperidine rings is 1. The summed E-state index contributed by atoms with van der Waals surface area (Å²) in [5.74, 6) is 2.11. The van der Waals surface area contributed by atoms with Crippen LogP contribution in [0.3, 0.4) is 0 Å². The van der Waals surface area contributed by atoms with E-state index >= 15 is 0 Å². The maximum absolute atomic E-state index is 5.58. The molecule has 2 heterocycles. The Hall–Kier alpha value is -1.87. The van der Waals surface area contributed by atoms with Gasteiger partial charge in [0.1, 0.15) is 5.82 Å². The monoisotopic (exact) mass is 363 g/mol. The highest BCUT2D eigenvalue weighted by atomic mass is 14.9.